The summed E-state index contributed by atoms with van der Waals surface area (Å²) < 4.78 is 0. The summed E-state index contributed by atoms with van der Waals surface area (Å²) in [7, 11) is 0. The first kappa shape index (κ1) is 16.4. The zero-order chi connectivity index (χ0) is 13.3. The molecule has 0 heterocycles. The van der Waals surface area contributed by atoms with Gasteiger partial charge in [0.05, 0.1) is 0 Å². The predicted molar refractivity (Wildman–Crippen MR) is 71.3 cm³/mol. The Labute approximate surface area is 105 Å². The molecule has 0 aromatic heterocycles. The van der Waals surface area contributed by atoms with Gasteiger partial charge >= 0.3 is 5.97 Å². The Morgan fingerprint density at radius 3 is 2.47 bits per heavy atom. The van der Waals surface area contributed by atoms with E-state index in [1.54, 1.807) is 6.92 Å². The zero-order valence-corrected chi connectivity index (χ0v) is 11.7. The van der Waals surface area contributed by atoms with E-state index in [0.29, 0.717) is 12.3 Å². The van der Waals surface area contributed by atoms with Crippen molar-refractivity contribution in [3.05, 3.63) is 0 Å². The summed E-state index contributed by atoms with van der Waals surface area (Å²) in [5, 5.41) is 15.7. The van der Waals surface area contributed by atoms with Gasteiger partial charge < -0.3 is 15.7 Å². The van der Waals surface area contributed by atoms with Gasteiger partial charge in [0.2, 0.25) is 0 Å². The summed E-state index contributed by atoms with van der Waals surface area (Å²) in [6.45, 7) is 10.7. The van der Waals surface area contributed by atoms with Crippen molar-refractivity contribution >= 4 is 5.97 Å². The molecule has 3 N–H and O–H groups in total. The Bertz CT molecular complexity index is 219. The maximum absolute atomic E-state index is 11.3. The summed E-state index contributed by atoms with van der Waals surface area (Å²) in [4.78, 5) is 11.3. The fourth-order valence-corrected chi connectivity index (χ4v) is 1.60. The predicted octanol–water partition coefficient (Wildman–Crippen LogP) is 1.86. The van der Waals surface area contributed by atoms with Crippen molar-refractivity contribution < 1.29 is 9.90 Å². The second-order valence-corrected chi connectivity index (χ2v) is 5.20. The summed E-state index contributed by atoms with van der Waals surface area (Å²) in [5.74, 6) is -0.209. The molecule has 0 aliphatic rings. The highest BCUT2D eigenvalue weighted by atomic mass is 16.4. The Kier molecular flexibility index (Phi) is 8.17. The molecular weight excluding hydrogens is 216 g/mol. The van der Waals surface area contributed by atoms with Crippen LogP contribution in [0.4, 0.5) is 0 Å². The Morgan fingerprint density at radius 2 is 2.00 bits per heavy atom. The molecule has 17 heavy (non-hydrogen) atoms. The maximum atomic E-state index is 11.3. The van der Waals surface area contributed by atoms with E-state index in [1.165, 1.54) is 0 Å². The van der Waals surface area contributed by atoms with E-state index < -0.39 is 11.5 Å². The summed E-state index contributed by atoms with van der Waals surface area (Å²) in [6, 6.07) is 0. The lowest BCUT2D eigenvalue weighted by atomic mass is 9.92. The lowest BCUT2D eigenvalue weighted by Crippen LogP contribution is -2.50. The normalized spacial score (nSPS) is 14.9. The number of carbonyl (C=O) groups is 1. The van der Waals surface area contributed by atoms with Crippen molar-refractivity contribution in [2.75, 3.05) is 19.6 Å². The lowest BCUT2D eigenvalue weighted by molar-refractivity contribution is -0.144. The molecule has 0 radical (unpaired) electrons. The van der Waals surface area contributed by atoms with Crippen LogP contribution in [0, 0.1) is 5.92 Å². The van der Waals surface area contributed by atoms with Gasteiger partial charge in [-0.05, 0) is 51.7 Å². The molecular formula is C13H28N2O2. The van der Waals surface area contributed by atoms with Crippen LogP contribution in [-0.2, 0) is 4.79 Å². The minimum Gasteiger partial charge on any atom is -0.480 e. The van der Waals surface area contributed by atoms with Gasteiger partial charge in [-0.2, -0.15) is 0 Å². The molecule has 0 fully saturated rings. The molecule has 1 atom stereocenters. The maximum Gasteiger partial charge on any atom is 0.323 e. The second-order valence-electron chi connectivity index (χ2n) is 5.20. The van der Waals surface area contributed by atoms with Crippen molar-refractivity contribution in [3.63, 3.8) is 0 Å². The van der Waals surface area contributed by atoms with Crippen LogP contribution in [0.3, 0.4) is 0 Å². The van der Waals surface area contributed by atoms with Gasteiger partial charge in [-0.3, -0.25) is 4.79 Å². The van der Waals surface area contributed by atoms with Gasteiger partial charge in [0.15, 0.2) is 0 Å². The molecule has 0 saturated heterocycles. The molecule has 1 unspecified atom stereocenters. The van der Waals surface area contributed by atoms with E-state index in [0.717, 1.165) is 32.5 Å². The van der Waals surface area contributed by atoms with Crippen LogP contribution in [0.25, 0.3) is 0 Å². The zero-order valence-electron chi connectivity index (χ0n) is 11.7. The minimum absolute atomic E-state index is 0.539. The second kappa shape index (κ2) is 8.48. The standard InChI is InChI=1S/C13H28N2O2/c1-5-14-9-6-10-15-13(4,12(16)17)8-7-11(2)3/h11,14-15H,5-10H2,1-4H3,(H,16,17). The van der Waals surface area contributed by atoms with Gasteiger partial charge in [0.1, 0.15) is 5.54 Å². The van der Waals surface area contributed by atoms with E-state index in [-0.39, 0.29) is 0 Å². The van der Waals surface area contributed by atoms with Crippen LogP contribution in [0.2, 0.25) is 0 Å². The summed E-state index contributed by atoms with van der Waals surface area (Å²) in [5.41, 5.74) is -0.781. The summed E-state index contributed by atoms with van der Waals surface area (Å²) >= 11 is 0. The van der Waals surface area contributed by atoms with Crippen molar-refractivity contribution in [2.45, 2.75) is 52.5 Å². The van der Waals surface area contributed by atoms with Gasteiger partial charge in [0.25, 0.3) is 0 Å². The first-order valence-electron chi connectivity index (χ1n) is 6.61. The summed E-state index contributed by atoms with van der Waals surface area (Å²) in [6.07, 6.45) is 2.57. The van der Waals surface area contributed by atoms with Gasteiger partial charge in [-0.25, -0.2) is 0 Å². The highest BCUT2D eigenvalue weighted by molar-refractivity contribution is 5.78. The van der Waals surface area contributed by atoms with E-state index in [9.17, 15) is 9.90 Å². The largest absolute Gasteiger partial charge is 0.480 e. The van der Waals surface area contributed by atoms with Crippen LogP contribution in [0.15, 0.2) is 0 Å². The number of rotatable bonds is 10. The average molecular weight is 244 g/mol. The molecule has 0 aromatic carbocycles. The van der Waals surface area contributed by atoms with Gasteiger partial charge in [0, 0.05) is 0 Å². The smallest absolute Gasteiger partial charge is 0.323 e. The van der Waals surface area contributed by atoms with Crippen LogP contribution < -0.4 is 10.6 Å². The molecule has 4 heteroatoms. The molecule has 0 spiro atoms. The van der Waals surface area contributed by atoms with Crippen LogP contribution in [-0.4, -0.2) is 36.2 Å². The van der Waals surface area contributed by atoms with Gasteiger partial charge in [-0.15, -0.1) is 0 Å². The highest BCUT2D eigenvalue weighted by Gasteiger charge is 2.31. The number of hydrogen-bond donors (Lipinski definition) is 3. The quantitative estimate of drug-likeness (QED) is 0.513. The monoisotopic (exact) mass is 244 g/mol. The van der Waals surface area contributed by atoms with E-state index in [4.69, 9.17) is 0 Å². The SMILES string of the molecule is CCNCCCNC(C)(CCC(C)C)C(=O)O. The molecule has 4 nitrogen and oxygen atoms in total. The highest BCUT2D eigenvalue weighted by Crippen LogP contribution is 2.16. The third-order valence-electron chi connectivity index (χ3n) is 2.99. The van der Waals surface area contributed by atoms with Gasteiger partial charge in [-0.1, -0.05) is 20.8 Å². The van der Waals surface area contributed by atoms with Crippen molar-refractivity contribution in [1.29, 1.82) is 0 Å². The Balaban J connectivity index is 3.99. The minimum atomic E-state index is -0.781. The third kappa shape index (κ3) is 7.34. The topological polar surface area (TPSA) is 61.4 Å². The number of carboxylic acids is 1. The molecule has 102 valence electrons. The number of aliphatic carboxylic acids is 1. The number of nitrogens with one attached hydrogen (secondary N) is 2. The van der Waals surface area contributed by atoms with Crippen molar-refractivity contribution in [2.24, 2.45) is 5.92 Å². The molecule has 0 aliphatic carbocycles. The van der Waals surface area contributed by atoms with Crippen LogP contribution >= 0.6 is 0 Å². The molecule has 0 amide bonds. The fraction of sp³-hybridized carbons (Fsp3) is 0.923. The lowest BCUT2D eigenvalue weighted by Gasteiger charge is -2.27. The first-order chi connectivity index (χ1) is 7.92. The average Bonchev–Trinajstić information content (AvgIpc) is 2.26. The Hall–Kier alpha value is -0.610. The fourth-order valence-electron chi connectivity index (χ4n) is 1.60. The third-order valence-corrected chi connectivity index (χ3v) is 2.99. The van der Waals surface area contributed by atoms with Crippen LogP contribution in [0.5, 0.6) is 0 Å². The van der Waals surface area contributed by atoms with Crippen molar-refractivity contribution in [3.8, 4) is 0 Å². The van der Waals surface area contributed by atoms with E-state index in [2.05, 4.69) is 31.4 Å². The van der Waals surface area contributed by atoms with Crippen molar-refractivity contribution in [1.82, 2.24) is 10.6 Å². The molecule has 0 aromatic rings. The molecule has 0 bridgehead atoms. The number of hydrogen-bond acceptors (Lipinski definition) is 3. The Morgan fingerprint density at radius 1 is 1.35 bits per heavy atom. The van der Waals surface area contributed by atoms with E-state index in [1.807, 2.05) is 0 Å². The molecule has 0 aliphatic heterocycles. The first-order valence-corrected chi connectivity index (χ1v) is 6.61. The van der Waals surface area contributed by atoms with E-state index >= 15 is 0 Å². The van der Waals surface area contributed by atoms with Crippen LogP contribution in [0.1, 0.15) is 47.0 Å². The molecule has 0 saturated carbocycles. The number of carboxylic acid groups (broad SMARTS) is 1. The molecule has 0 rings (SSSR count).